The summed E-state index contributed by atoms with van der Waals surface area (Å²) >= 11 is 0. The van der Waals surface area contributed by atoms with Gasteiger partial charge in [0.1, 0.15) is 11.5 Å². The predicted molar refractivity (Wildman–Crippen MR) is 113 cm³/mol. The van der Waals surface area contributed by atoms with Crippen LogP contribution < -0.4 is 4.72 Å². The fourth-order valence-electron chi connectivity index (χ4n) is 3.48. The van der Waals surface area contributed by atoms with Gasteiger partial charge in [-0.05, 0) is 37.1 Å². The molecule has 0 aliphatic heterocycles. The van der Waals surface area contributed by atoms with Gasteiger partial charge in [0, 0.05) is 29.9 Å². The molecule has 1 N–H and O–H groups in total. The van der Waals surface area contributed by atoms with E-state index in [1.165, 1.54) is 24.3 Å². The van der Waals surface area contributed by atoms with Gasteiger partial charge >= 0.3 is 0 Å². The molecule has 0 atom stereocenters. The van der Waals surface area contributed by atoms with Crippen molar-refractivity contribution in [2.24, 2.45) is 0 Å². The molecule has 0 amide bonds. The molecule has 3 rings (SSSR count). The van der Waals surface area contributed by atoms with E-state index in [1.54, 1.807) is 17.0 Å². The molecule has 2 aromatic rings. The summed E-state index contributed by atoms with van der Waals surface area (Å²) in [5.74, 6) is -1.74. The third kappa shape index (κ3) is 4.14. The molecule has 1 aliphatic carbocycles. The van der Waals surface area contributed by atoms with Gasteiger partial charge in [-0.2, -0.15) is 0 Å². The van der Waals surface area contributed by atoms with E-state index in [1.807, 2.05) is 13.8 Å². The molecule has 0 fully saturated rings. The van der Waals surface area contributed by atoms with Gasteiger partial charge < -0.3 is 4.90 Å². The van der Waals surface area contributed by atoms with E-state index in [2.05, 4.69) is 4.72 Å². The third-order valence-electron chi connectivity index (χ3n) is 4.72. The maximum absolute atomic E-state index is 13.3. The van der Waals surface area contributed by atoms with Crippen LogP contribution in [0.25, 0.3) is 0 Å². The van der Waals surface area contributed by atoms with Crippen LogP contribution in [0.4, 0.5) is 10.1 Å². The molecule has 0 aromatic heterocycles. The zero-order valence-electron chi connectivity index (χ0n) is 16.8. The molecule has 0 bridgehead atoms. The predicted octanol–water partition coefficient (Wildman–Crippen LogP) is 3.98. The number of ketones is 2. The van der Waals surface area contributed by atoms with E-state index in [0.717, 1.165) is 12.1 Å². The Hall–Kier alpha value is -3.00. The van der Waals surface area contributed by atoms with Crippen molar-refractivity contribution in [3.8, 4) is 0 Å². The fraction of sp³-hybridized carbons (Fsp3) is 0.273. The number of anilines is 1. The van der Waals surface area contributed by atoms with Gasteiger partial charge in [0.25, 0.3) is 10.0 Å². The number of fused-ring (bicyclic) bond motifs is 1. The lowest BCUT2D eigenvalue weighted by Crippen LogP contribution is -2.38. The summed E-state index contributed by atoms with van der Waals surface area (Å²) in [6, 6.07) is 10.9. The molecule has 0 spiro atoms. The smallest absolute Gasteiger partial charge is 0.268 e. The van der Waals surface area contributed by atoms with Crippen molar-refractivity contribution < 1.29 is 22.4 Å². The van der Waals surface area contributed by atoms with Crippen molar-refractivity contribution in [2.45, 2.75) is 26.7 Å². The highest BCUT2D eigenvalue weighted by molar-refractivity contribution is 7.97. The van der Waals surface area contributed by atoms with Gasteiger partial charge in [-0.3, -0.25) is 14.3 Å². The Morgan fingerprint density at radius 1 is 0.867 bits per heavy atom. The zero-order valence-corrected chi connectivity index (χ0v) is 17.6. The van der Waals surface area contributed by atoms with Crippen LogP contribution in [0.1, 0.15) is 47.4 Å². The number of halogens is 1. The minimum atomic E-state index is -4.41. The molecule has 0 radical (unpaired) electrons. The van der Waals surface area contributed by atoms with E-state index in [9.17, 15) is 22.4 Å². The molecule has 8 heteroatoms. The second kappa shape index (κ2) is 8.79. The molecule has 1 aliphatic rings. The first-order valence-corrected chi connectivity index (χ1v) is 11.2. The first kappa shape index (κ1) is 21.7. The quantitative estimate of drug-likeness (QED) is 0.685. The Labute approximate surface area is 175 Å². The number of Topliss-reactive ketones (excluding diaryl/α,β-unsaturated/α-hetero) is 2. The first-order chi connectivity index (χ1) is 14.3. The lowest BCUT2D eigenvalue weighted by molar-refractivity contribution is 0.0946. The molecule has 2 aromatic carbocycles. The molecule has 0 unspecified atom stereocenters. The Bertz CT molecular complexity index is 1100. The average molecular weight is 431 g/mol. The van der Waals surface area contributed by atoms with Gasteiger partial charge in [-0.25, -0.2) is 12.8 Å². The van der Waals surface area contributed by atoms with Crippen LogP contribution in [0.2, 0.25) is 0 Å². The summed E-state index contributed by atoms with van der Waals surface area (Å²) in [5.41, 5.74) is 0.228. The Kier molecular flexibility index (Phi) is 6.36. The lowest BCUT2D eigenvalue weighted by Gasteiger charge is -2.31. The molecule has 0 saturated carbocycles. The molecule has 30 heavy (non-hydrogen) atoms. The van der Waals surface area contributed by atoms with Crippen molar-refractivity contribution in [3.05, 3.63) is 76.1 Å². The number of carbonyl (C=O) groups is 2. The second-order valence-corrected chi connectivity index (χ2v) is 8.60. The SMILES string of the molecule is CCCN(CCC)C1=C(S(=O)(=O)Nc2ccc(F)cc2)C(=O)c2ccccc2C1=O. The van der Waals surface area contributed by atoms with E-state index < -0.39 is 32.3 Å². The number of nitrogens with one attached hydrogen (secondary N) is 1. The standard InChI is InChI=1S/C22H23FN2O4S/c1-3-13-25(14-4-2)19-20(26)17-7-5-6-8-18(17)21(27)22(19)30(28,29)24-16-11-9-15(23)10-12-16/h5-12,24H,3-4,13-14H2,1-2H3. The van der Waals surface area contributed by atoms with Crippen molar-refractivity contribution in [2.75, 3.05) is 17.8 Å². The van der Waals surface area contributed by atoms with Crippen LogP contribution in [-0.4, -0.2) is 38.0 Å². The second-order valence-electron chi connectivity index (χ2n) is 6.98. The maximum atomic E-state index is 13.3. The number of hydrogen-bond donors (Lipinski definition) is 1. The molecule has 6 nitrogen and oxygen atoms in total. The molecular weight excluding hydrogens is 407 g/mol. The van der Waals surface area contributed by atoms with E-state index in [0.29, 0.717) is 25.9 Å². The summed E-state index contributed by atoms with van der Waals surface area (Å²) in [6.45, 7) is 4.69. The number of rotatable bonds is 8. The summed E-state index contributed by atoms with van der Waals surface area (Å²) in [5, 5.41) is 0. The largest absolute Gasteiger partial charge is 0.367 e. The lowest BCUT2D eigenvalue weighted by atomic mass is 9.91. The number of hydrogen-bond acceptors (Lipinski definition) is 5. The van der Waals surface area contributed by atoms with Crippen LogP contribution in [0, 0.1) is 5.82 Å². The molecule has 158 valence electrons. The summed E-state index contributed by atoms with van der Waals surface area (Å²) in [6.07, 6.45) is 1.34. The maximum Gasteiger partial charge on any atom is 0.268 e. The first-order valence-electron chi connectivity index (χ1n) is 9.76. The van der Waals surface area contributed by atoms with Crippen molar-refractivity contribution in [1.29, 1.82) is 0 Å². The molecular formula is C22H23FN2O4S. The number of allylic oxidation sites excluding steroid dienone is 2. The number of benzene rings is 2. The topological polar surface area (TPSA) is 83.6 Å². The van der Waals surface area contributed by atoms with Crippen LogP contribution >= 0.6 is 0 Å². The van der Waals surface area contributed by atoms with Gasteiger partial charge in [0.15, 0.2) is 4.91 Å². The van der Waals surface area contributed by atoms with E-state index in [-0.39, 0.29) is 22.5 Å². The Balaban J connectivity index is 2.20. The summed E-state index contributed by atoms with van der Waals surface area (Å²) < 4.78 is 42.0. The van der Waals surface area contributed by atoms with Gasteiger partial charge in [-0.1, -0.05) is 38.1 Å². The average Bonchev–Trinajstić information content (AvgIpc) is 2.72. The minimum Gasteiger partial charge on any atom is -0.367 e. The Morgan fingerprint density at radius 2 is 1.40 bits per heavy atom. The highest BCUT2D eigenvalue weighted by Crippen LogP contribution is 2.32. The van der Waals surface area contributed by atoms with E-state index >= 15 is 0 Å². The highest BCUT2D eigenvalue weighted by atomic mass is 32.2. The van der Waals surface area contributed by atoms with Crippen LogP contribution in [0.5, 0.6) is 0 Å². The summed E-state index contributed by atoms with van der Waals surface area (Å²) in [7, 11) is -4.41. The molecule has 0 saturated heterocycles. The highest BCUT2D eigenvalue weighted by Gasteiger charge is 2.41. The zero-order chi connectivity index (χ0) is 21.9. The van der Waals surface area contributed by atoms with E-state index in [4.69, 9.17) is 0 Å². The third-order valence-corrected chi connectivity index (χ3v) is 6.14. The summed E-state index contributed by atoms with van der Waals surface area (Å²) in [4.78, 5) is 27.7. The number of nitrogens with zero attached hydrogens (tertiary/aromatic N) is 1. The van der Waals surface area contributed by atoms with Gasteiger partial charge in [-0.15, -0.1) is 0 Å². The fourth-order valence-corrected chi connectivity index (χ4v) is 4.85. The van der Waals surface area contributed by atoms with Gasteiger partial charge in [0.2, 0.25) is 11.6 Å². The van der Waals surface area contributed by atoms with Crippen molar-refractivity contribution >= 4 is 27.3 Å². The van der Waals surface area contributed by atoms with Gasteiger partial charge in [0.05, 0.1) is 0 Å². The number of sulfonamides is 1. The monoisotopic (exact) mass is 430 g/mol. The normalized spacial score (nSPS) is 14.0. The molecule has 0 heterocycles. The van der Waals surface area contributed by atoms with Crippen LogP contribution in [-0.2, 0) is 10.0 Å². The number of carbonyl (C=O) groups excluding carboxylic acids is 2. The Morgan fingerprint density at radius 3 is 1.93 bits per heavy atom. The van der Waals surface area contributed by atoms with Crippen molar-refractivity contribution in [1.82, 2.24) is 4.90 Å². The minimum absolute atomic E-state index is 0.0543. The van der Waals surface area contributed by atoms with Crippen LogP contribution in [0.15, 0.2) is 59.1 Å². The van der Waals surface area contributed by atoms with Crippen LogP contribution in [0.3, 0.4) is 0 Å². The van der Waals surface area contributed by atoms with Crippen molar-refractivity contribution in [3.63, 3.8) is 0 Å².